The molecule has 1 aromatic heterocycles. The number of rotatable bonds is 8. The van der Waals surface area contributed by atoms with E-state index in [0.29, 0.717) is 19.4 Å². The normalized spacial score (nSPS) is 12.0. The summed E-state index contributed by atoms with van der Waals surface area (Å²) in [7, 11) is -3.64. The van der Waals surface area contributed by atoms with Crippen molar-refractivity contribution >= 4 is 22.4 Å². The average Bonchev–Trinajstić information content (AvgIpc) is 3.03. The predicted octanol–water partition coefficient (Wildman–Crippen LogP) is 2.15. The zero-order valence-corrected chi connectivity index (χ0v) is 15.6. The van der Waals surface area contributed by atoms with E-state index in [-0.39, 0.29) is 23.8 Å². The maximum absolute atomic E-state index is 12.6. The monoisotopic (exact) mass is 372 g/mol. The molecule has 6 nitrogen and oxygen atoms in total. The Morgan fingerprint density at radius 3 is 2.38 bits per heavy atom. The molecule has 8 heteroatoms. The lowest BCUT2D eigenvalue weighted by molar-refractivity contribution is 0.363. The zero-order chi connectivity index (χ0) is 16.9. The summed E-state index contributed by atoms with van der Waals surface area (Å²) in [6.07, 6.45) is 4.19. The summed E-state index contributed by atoms with van der Waals surface area (Å²) >= 11 is 0. The highest BCUT2D eigenvalue weighted by atomic mass is 35.5. The fourth-order valence-electron chi connectivity index (χ4n) is 2.41. The first-order chi connectivity index (χ1) is 10.9. The molecular formula is C16H25ClN4O2S. The van der Waals surface area contributed by atoms with Gasteiger partial charge in [0.25, 0.3) is 0 Å². The Hall–Kier alpha value is -1.41. The van der Waals surface area contributed by atoms with E-state index in [1.165, 1.54) is 6.20 Å². The fraction of sp³-hybridized carbons (Fsp3) is 0.438. The molecule has 0 bridgehead atoms. The highest BCUT2D eigenvalue weighted by molar-refractivity contribution is 7.89. The molecule has 2 rings (SSSR count). The van der Waals surface area contributed by atoms with Gasteiger partial charge in [-0.25, -0.2) is 13.1 Å². The van der Waals surface area contributed by atoms with Gasteiger partial charge in [-0.05, 0) is 18.4 Å². The van der Waals surface area contributed by atoms with Crippen molar-refractivity contribution in [1.29, 1.82) is 0 Å². The van der Waals surface area contributed by atoms with Gasteiger partial charge in [0, 0.05) is 18.3 Å². The van der Waals surface area contributed by atoms with Crippen molar-refractivity contribution in [2.45, 2.75) is 43.7 Å². The minimum absolute atomic E-state index is 0. The standard InChI is InChI=1S/C16H24N4O2S.ClH/c1-3-16(4-2,13-17)19-23(21,22)15-10-18-20(12-15)11-14-8-6-5-7-9-14;/h5-10,12,19H,3-4,11,13,17H2,1-2H3;1H. The van der Waals surface area contributed by atoms with Crippen LogP contribution in [0.1, 0.15) is 32.3 Å². The molecule has 1 aromatic carbocycles. The molecule has 3 N–H and O–H groups in total. The van der Waals surface area contributed by atoms with Gasteiger partial charge in [0.15, 0.2) is 0 Å². The molecule has 0 aliphatic rings. The Morgan fingerprint density at radius 1 is 1.21 bits per heavy atom. The second-order valence-corrected chi connectivity index (χ2v) is 7.34. The minimum atomic E-state index is -3.64. The summed E-state index contributed by atoms with van der Waals surface area (Å²) in [5.74, 6) is 0. The van der Waals surface area contributed by atoms with E-state index in [1.54, 1.807) is 10.9 Å². The van der Waals surface area contributed by atoms with Gasteiger partial charge in [-0.2, -0.15) is 5.10 Å². The number of halogens is 1. The molecule has 1 heterocycles. The Morgan fingerprint density at radius 2 is 1.83 bits per heavy atom. The smallest absolute Gasteiger partial charge is 0.244 e. The first-order valence-electron chi connectivity index (χ1n) is 7.75. The van der Waals surface area contributed by atoms with Crippen LogP contribution in [0, 0.1) is 0 Å². The van der Waals surface area contributed by atoms with Crippen molar-refractivity contribution in [3.05, 3.63) is 48.3 Å². The lowest BCUT2D eigenvalue weighted by atomic mass is 9.95. The van der Waals surface area contributed by atoms with Crippen molar-refractivity contribution in [3.8, 4) is 0 Å². The van der Waals surface area contributed by atoms with Crippen LogP contribution in [0.25, 0.3) is 0 Å². The van der Waals surface area contributed by atoms with E-state index in [1.807, 2.05) is 44.2 Å². The van der Waals surface area contributed by atoms with Crippen LogP contribution in [0.3, 0.4) is 0 Å². The van der Waals surface area contributed by atoms with Gasteiger partial charge in [-0.3, -0.25) is 4.68 Å². The van der Waals surface area contributed by atoms with Crippen LogP contribution in [-0.4, -0.2) is 30.3 Å². The summed E-state index contributed by atoms with van der Waals surface area (Å²) in [4.78, 5) is 0.160. The topological polar surface area (TPSA) is 90.0 Å². The lowest BCUT2D eigenvalue weighted by Gasteiger charge is -2.30. The van der Waals surface area contributed by atoms with E-state index in [0.717, 1.165) is 5.56 Å². The number of nitrogens with zero attached hydrogens (tertiary/aromatic N) is 2. The van der Waals surface area contributed by atoms with Crippen LogP contribution < -0.4 is 10.5 Å². The second kappa shape index (κ2) is 8.62. The van der Waals surface area contributed by atoms with Gasteiger partial charge >= 0.3 is 0 Å². The Bertz CT molecular complexity index is 719. The van der Waals surface area contributed by atoms with Crippen molar-refractivity contribution in [1.82, 2.24) is 14.5 Å². The third kappa shape index (κ3) is 4.80. The van der Waals surface area contributed by atoms with E-state index < -0.39 is 15.6 Å². The molecule has 24 heavy (non-hydrogen) atoms. The van der Waals surface area contributed by atoms with Gasteiger partial charge in [-0.15, -0.1) is 12.4 Å². The molecule has 2 aromatic rings. The maximum Gasteiger partial charge on any atom is 0.244 e. The van der Waals surface area contributed by atoms with Crippen LogP contribution >= 0.6 is 12.4 Å². The third-order valence-electron chi connectivity index (χ3n) is 4.20. The number of nitrogens with one attached hydrogen (secondary N) is 1. The number of hydrogen-bond donors (Lipinski definition) is 2. The third-order valence-corrected chi connectivity index (χ3v) is 5.74. The summed E-state index contributed by atoms with van der Waals surface area (Å²) in [5.41, 5.74) is 6.22. The number of aromatic nitrogens is 2. The summed E-state index contributed by atoms with van der Waals surface area (Å²) in [5, 5.41) is 4.15. The fourth-order valence-corrected chi connectivity index (χ4v) is 3.92. The van der Waals surface area contributed by atoms with Crippen LogP contribution in [0.4, 0.5) is 0 Å². The van der Waals surface area contributed by atoms with Gasteiger partial charge < -0.3 is 5.73 Å². The molecule has 0 unspecified atom stereocenters. The van der Waals surface area contributed by atoms with Crippen LogP contribution in [-0.2, 0) is 16.6 Å². The van der Waals surface area contributed by atoms with Crippen molar-refractivity contribution in [2.24, 2.45) is 5.73 Å². The predicted molar refractivity (Wildman–Crippen MR) is 97.7 cm³/mol. The Balaban J connectivity index is 0.00000288. The molecule has 0 spiro atoms. The van der Waals surface area contributed by atoms with Gasteiger partial charge in [0.05, 0.1) is 12.7 Å². The highest BCUT2D eigenvalue weighted by Gasteiger charge is 2.31. The molecule has 0 atom stereocenters. The molecule has 0 amide bonds. The van der Waals surface area contributed by atoms with Crippen LogP contribution in [0.5, 0.6) is 0 Å². The Labute approximate surface area is 149 Å². The SMILES string of the molecule is CCC(CC)(CN)NS(=O)(=O)c1cnn(Cc2ccccc2)c1.Cl. The summed E-state index contributed by atoms with van der Waals surface area (Å²) in [6.45, 7) is 4.65. The molecule has 0 saturated carbocycles. The van der Waals surface area contributed by atoms with Gasteiger partial charge in [0.1, 0.15) is 4.90 Å². The van der Waals surface area contributed by atoms with Crippen molar-refractivity contribution in [2.75, 3.05) is 6.54 Å². The van der Waals surface area contributed by atoms with Crippen LogP contribution in [0.2, 0.25) is 0 Å². The lowest BCUT2D eigenvalue weighted by Crippen LogP contribution is -2.52. The summed E-state index contributed by atoms with van der Waals surface area (Å²) in [6, 6.07) is 9.77. The largest absolute Gasteiger partial charge is 0.329 e. The molecule has 0 aliphatic carbocycles. The molecule has 0 radical (unpaired) electrons. The van der Waals surface area contributed by atoms with Gasteiger partial charge in [0.2, 0.25) is 10.0 Å². The van der Waals surface area contributed by atoms with Crippen LogP contribution in [0.15, 0.2) is 47.6 Å². The summed E-state index contributed by atoms with van der Waals surface area (Å²) < 4.78 is 29.5. The van der Waals surface area contributed by atoms with E-state index in [9.17, 15) is 8.42 Å². The molecule has 0 saturated heterocycles. The van der Waals surface area contributed by atoms with Crippen molar-refractivity contribution in [3.63, 3.8) is 0 Å². The van der Waals surface area contributed by atoms with E-state index in [2.05, 4.69) is 9.82 Å². The van der Waals surface area contributed by atoms with Crippen molar-refractivity contribution < 1.29 is 8.42 Å². The highest BCUT2D eigenvalue weighted by Crippen LogP contribution is 2.18. The average molecular weight is 373 g/mol. The Kier molecular flexibility index (Phi) is 7.41. The van der Waals surface area contributed by atoms with E-state index in [4.69, 9.17) is 5.73 Å². The zero-order valence-electron chi connectivity index (χ0n) is 14.0. The molecular weight excluding hydrogens is 348 g/mol. The molecule has 0 aliphatic heterocycles. The number of sulfonamides is 1. The van der Waals surface area contributed by atoms with E-state index >= 15 is 0 Å². The minimum Gasteiger partial charge on any atom is -0.329 e. The maximum atomic E-state index is 12.6. The van der Waals surface area contributed by atoms with Gasteiger partial charge in [-0.1, -0.05) is 44.2 Å². The molecule has 0 fully saturated rings. The number of benzene rings is 1. The first-order valence-corrected chi connectivity index (χ1v) is 9.23. The quantitative estimate of drug-likeness (QED) is 0.742. The number of nitrogens with two attached hydrogens (primary N) is 1. The first kappa shape index (κ1) is 20.6. The molecule has 134 valence electrons. The number of hydrogen-bond acceptors (Lipinski definition) is 4. The second-order valence-electron chi connectivity index (χ2n) is 5.66.